The third-order valence-electron chi connectivity index (χ3n) is 3.26. The van der Waals surface area contributed by atoms with Gasteiger partial charge in [0.2, 0.25) is 0 Å². The summed E-state index contributed by atoms with van der Waals surface area (Å²) in [6.07, 6.45) is 0. The Balaban J connectivity index is 2.50. The molecule has 0 heterocycles. The summed E-state index contributed by atoms with van der Waals surface area (Å²) in [5.74, 6) is 0.00435. The number of halogens is 2. The van der Waals surface area contributed by atoms with Crippen molar-refractivity contribution in [1.29, 1.82) is 0 Å². The van der Waals surface area contributed by atoms with E-state index < -0.39 is 17.7 Å². The second-order valence-electron chi connectivity index (χ2n) is 4.53. The van der Waals surface area contributed by atoms with Gasteiger partial charge in [0, 0.05) is 17.7 Å². The van der Waals surface area contributed by atoms with Crippen LogP contribution in [0, 0.1) is 11.6 Å². The summed E-state index contributed by atoms with van der Waals surface area (Å²) >= 11 is 0. The van der Waals surface area contributed by atoms with Crippen LogP contribution in [-0.2, 0) is 0 Å². The maximum Gasteiger partial charge on any atom is 0.127 e. The van der Waals surface area contributed by atoms with E-state index in [0.29, 0.717) is 17.1 Å². The smallest absolute Gasteiger partial charge is 0.127 e. The number of benzene rings is 2. The summed E-state index contributed by atoms with van der Waals surface area (Å²) in [5, 5.41) is 3.05. The van der Waals surface area contributed by atoms with Gasteiger partial charge in [-0.1, -0.05) is 0 Å². The molecular formula is C16H17F2NO2. The minimum Gasteiger partial charge on any atom is -0.497 e. The molecule has 0 amide bonds. The highest BCUT2D eigenvalue weighted by molar-refractivity contribution is 5.46. The van der Waals surface area contributed by atoms with Gasteiger partial charge in [0.15, 0.2) is 0 Å². The van der Waals surface area contributed by atoms with Gasteiger partial charge in [-0.2, -0.15) is 0 Å². The lowest BCUT2D eigenvalue weighted by atomic mass is 9.97. The Morgan fingerprint density at radius 2 is 1.62 bits per heavy atom. The summed E-state index contributed by atoms with van der Waals surface area (Å²) in [6, 6.07) is 8.37. The Bertz CT molecular complexity index is 611. The largest absolute Gasteiger partial charge is 0.497 e. The van der Waals surface area contributed by atoms with E-state index in [9.17, 15) is 8.78 Å². The van der Waals surface area contributed by atoms with Crippen LogP contribution in [0.3, 0.4) is 0 Å². The highest BCUT2D eigenvalue weighted by atomic mass is 19.1. The van der Waals surface area contributed by atoms with Crippen molar-refractivity contribution in [3.8, 4) is 11.5 Å². The molecule has 1 atom stereocenters. The summed E-state index contributed by atoms with van der Waals surface area (Å²) in [4.78, 5) is 0. The number of ether oxygens (including phenoxy) is 2. The fraction of sp³-hybridized carbons (Fsp3) is 0.250. The van der Waals surface area contributed by atoms with E-state index in [-0.39, 0.29) is 0 Å². The molecule has 0 aliphatic rings. The number of nitrogens with one attached hydrogen (secondary N) is 1. The van der Waals surface area contributed by atoms with Gasteiger partial charge in [0.05, 0.1) is 20.3 Å². The molecule has 112 valence electrons. The lowest BCUT2D eigenvalue weighted by Gasteiger charge is -2.20. The van der Waals surface area contributed by atoms with Crippen LogP contribution < -0.4 is 14.8 Å². The topological polar surface area (TPSA) is 30.5 Å². The molecule has 2 rings (SSSR count). The average molecular weight is 293 g/mol. The summed E-state index contributed by atoms with van der Waals surface area (Å²) < 4.78 is 37.3. The predicted octanol–water partition coefficient (Wildman–Crippen LogP) is 3.29. The molecule has 0 spiro atoms. The van der Waals surface area contributed by atoms with E-state index >= 15 is 0 Å². The Labute approximate surface area is 122 Å². The molecule has 0 fully saturated rings. The van der Waals surface area contributed by atoms with Crippen LogP contribution in [-0.4, -0.2) is 21.3 Å². The highest BCUT2D eigenvalue weighted by Gasteiger charge is 2.18. The molecule has 0 saturated carbocycles. The quantitative estimate of drug-likeness (QED) is 0.917. The van der Waals surface area contributed by atoms with Crippen LogP contribution in [0.15, 0.2) is 36.4 Å². The first kappa shape index (κ1) is 15.3. The first-order valence-corrected chi connectivity index (χ1v) is 6.44. The number of methoxy groups -OCH3 is 2. The van der Waals surface area contributed by atoms with Gasteiger partial charge in [-0.05, 0) is 36.9 Å². The molecular weight excluding hydrogens is 276 g/mol. The first-order valence-electron chi connectivity index (χ1n) is 6.44. The maximum atomic E-state index is 13.4. The Kier molecular flexibility index (Phi) is 4.75. The van der Waals surface area contributed by atoms with E-state index in [1.54, 1.807) is 26.3 Å². The fourth-order valence-electron chi connectivity index (χ4n) is 2.30. The van der Waals surface area contributed by atoms with Gasteiger partial charge in [-0.15, -0.1) is 0 Å². The molecule has 0 aromatic heterocycles. The molecule has 1 unspecified atom stereocenters. The van der Waals surface area contributed by atoms with Crippen LogP contribution in [0.2, 0.25) is 0 Å². The third kappa shape index (κ3) is 3.31. The fourth-order valence-corrected chi connectivity index (χ4v) is 2.30. The van der Waals surface area contributed by atoms with Crippen LogP contribution in [0.1, 0.15) is 17.2 Å². The second-order valence-corrected chi connectivity index (χ2v) is 4.53. The lowest BCUT2D eigenvalue weighted by molar-refractivity contribution is 0.388. The average Bonchev–Trinajstić information content (AvgIpc) is 2.47. The number of rotatable bonds is 5. The molecule has 3 nitrogen and oxygen atoms in total. The van der Waals surface area contributed by atoms with Gasteiger partial charge >= 0.3 is 0 Å². The zero-order chi connectivity index (χ0) is 15.4. The molecule has 21 heavy (non-hydrogen) atoms. The van der Waals surface area contributed by atoms with Crippen molar-refractivity contribution >= 4 is 0 Å². The van der Waals surface area contributed by atoms with E-state index in [4.69, 9.17) is 9.47 Å². The van der Waals surface area contributed by atoms with E-state index in [1.807, 2.05) is 6.07 Å². The number of hydrogen-bond acceptors (Lipinski definition) is 3. The first-order chi connectivity index (χ1) is 10.1. The van der Waals surface area contributed by atoms with Crippen LogP contribution >= 0.6 is 0 Å². The molecule has 0 saturated heterocycles. The molecule has 0 radical (unpaired) electrons. The van der Waals surface area contributed by atoms with Gasteiger partial charge in [-0.25, -0.2) is 8.78 Å². The highest BCUT2D eigenvalue weighted by Crippen LogP contribution is 2.33. The van der Waals surface area contributed by atoms with Crippen molar-refractivity contribution < 1.29 is 18.3 Å². The van der Waals surface area contributed by atoms with Crippen molar-refractivity contribution in [3.63, 3.8) is 0 Å². The molecule has 2 aromatic rings. The molecule has 0 bridgehead atoms. The second kappa shape index (κ2) is 6.54. The summed E-state index contributed by atoms with van der Waals surface area (Å²) in [7, 11) is 4.82. The van der Waals surface area contributed by atoms with Crippen LogP contribution in [0.5, 0.6) is 11.5 Å². The Morgan fingerprint density at radius 3 is 2.14 bits per heavy atom. The number of hydrogen-bond donors (Lipinski definition) is 1. The molecule has 1 N–H and O–H groups in total. The van der Waals surface area contributed by atoms with E-state index in [2.05, 4.69) is 5.32 Å². The third-order valence-corrected chi connectivity index (χ3v) is 3.26. The van der Waals surface area contributed by atoms with Crippen molar-refractivity contribution in [2.45, 2.75) is 6.04 Å². The lowest BCUT2D eigenvalue weighted by Crippen LogP contribution is -2.19. The van der Waals surface area contributed by atoms with E-state index in [0.717, 1.165) is 11.6 Å². The van der Waals surface area contributed by atoms with Gasteiger partial charge < -0.3 is 14.8 Å². The van der Waals surface area contributed by atoms with Gasteiger partial charge in [0.1, 0.15) is 23.1 Å². The summed E-state index contributed by atoms with van der Waals surface area (Å²) in [6.45, 7) is 0. The Hall–Kier alpha value is -2.14. The molecule has 0 aliphatic carbocycles. The van der Waals surface area contributed by atoms with Crippen molar-refractivity contribution in [1.82, 2.24) is 5.32 Å². The molecule has 5 heteroatoms. The zero-order valence-corrected chi connectivity index (χ0v) is 12.1. The maximum absolute atomic E-state index is 13.4. The standard InChI is InChI=1S/C16H17F2NO2/c1-19-16(10-6-11(17)8-12(18)7-10)14-5-4-13(20-2)9-15(14)21-3/h4-9,16,19H,1-3H3. The van der Waals surface area contributed by atoms with Crippen molar-refractivity contribution in [3.05, 3.63) is 59.2 Å². The molecule has 0 aliphatic heterocycles. The predicted molar refractivity (Wildman–Crippen MR) is 76.8 cm³/mol. The van der Waals surface area contributed by atoms with Crippen molar-refractivity contribution in [2.75, 3.05) is 21.3 Å². The normalized spacial score (nSPS) is 12.0. The molecule has 2 aromatic carbocycles. The SMILES string of the molecule is CNC(c1cc(F)cc(F)c1)c1ccc(OC)cc1OC. The van der Waals surface area contributed by atoms with Crippen molar-refractivity contribution in [2.24, 2.45) is 0 Å². The minimum atomic E-state index is -0.613. The minimum absolute atomic E-state index is 0.393. The van der Waals surface area contributed by atoms with Gasteiger partial charge in [0.25, 0.3) is 0 Å². The van der Waals surface area contributed by atoms with Crippen LogP contribution in [0.4, 0.5) is 8.78 Å². The summed E-state index contributed by atoms with van der Waals surface area (Å²) in [5.41, 5.74) is 1.25. The monoisotopic (exact) mass is 293 g/mol. The Morgan fingerprint density at radius 1 is 0.952 bits per heavy atom. The van der Waals surface area contributed by atoms with Gasteiger partial charge in [-0.3, -0.25) is 0 Å². The zero-order valence-electron chi connectivity index (χ0n) is 12.1. The van der Waals surface area contributed by atoms with E-state index in [1.165, 1.54) is 19.2 Å². The van der Waals surface area contributed by atoms with Crippen LogP contribution in [0.25, 0.3) is 0 Å².